The summed E-state index contributed by atoms with van der Waals surface area (Å²) < 4.78 is 2.45. The number of hydrogen-bond acceptors (Lipinski definition) is 2. The van der Waals surface area contributed by atoms with Crippen molar-refractivity contribution < 1.29 is 4.79 Å². The number of carbonyl (C=O) groups is 1. The van der Waals surface area contributed by atoms with E-state index in [1.54, 1.807) is 18.0 Å². The fourth-order valence-electron chi connectivity index (χ4n) is 3.49. The number of likely N-dealkylation sites (N-methyl/N-ethyl adjacent to an activating group) is 1. The van der Waals surface area contributed by atoms with Crippen LogP contribution in [0.1, 0.15) is 61.5 Å². The van der Waals surface area contributed by atoms with Crippen molar-refractivity contribution in [1.82, 2.24) is 9.47 Å². The highest BCUT2D eigenvalue weighted by Crippen LogP contribution is 2.32. The topological polar surface area (TPSA) is 49.0 Å². The van der Waals surface area contributed by atoms with E-state index in [-0.39, 0.29) is 5.91 Å². The molecule has 1 aromatic rings. The van der Waals surface area contributed by atoms with E-state index in [9.17, 15) is 4.79 Å². The summed E-state index contributed by atoms with van der Waals surface area (Å²) in [6.45, 7) is 4.77. The zero-order valence-electron chi connectivity index (χ0n) is 14.5. The van der Waals surface area contributed by atoms with Gasteiger partial charge in [0.15, 0.2) is 0 Å². The summed E-state index contributed by atoms with van der Waals surface area (Å²) in [4.78, 5) is 13.6. The Morgan fingerprint density at radius 3 is 2.74 bits per heavy atom. The fraction of sp³-hybridized carbons (Fsp3) is 0.579. The van der Waals surface area contributed by atoms with Gasteiger partial charge in [-0.25, -0.2) is 0 Å². The molecule has 0 N–H and O–H groups in total. The van der Waals surface area contributed by atoms with Crippen LogP contribution in [-0.4, -0.2) is 29.0 Å². The number of hydrogen-bond donors (Lipinski definition) is 0. The first-order chi connectivity index (χ1) is 11.0. The number of rotatable bonds is 5. The maximum Gasteiger partial charge on any atom is 0.246 e. The molecule has 1 aliphatic carbocycles. The standard InChI is InChI=1S/C19H27N3O/c1-15-14-17(10-11-19(23)21(3)13-7-12-20)16(2)22(15)18-8-5-4-6-9-18/h10-11,14,18H,4-9,13H2,1-3H3/b11-10+. The highest BCUT2D eigenvalue weighted by molar-refractivity contribution is 5.91. The maximum absolute atomic E-state index is 12.0. The van der Waals surface area contributed by atoms with Gasteiger partial charge in [0.1, 0.15) is 0 Å². The number of nitriles is 1. The van der Waals surface area contributed by atoms with Gasteiger partial charge in [0.05, 0.1) is 12.5 Å². The number of carbonyl (C=O) groups excluding carboxylic acids is 1. The summed E-state index contributed by atoms with van der Waals surface area (Å²) >= 11 is 0. The lowest BCUT2D eigenvalue weighted by Crippen LogP contribution is -2.25. The van der Waals surface area contributed by atoms with E-state index in [2.05, 4.69) is 30.6 Å². The number of aryl methyl sites for hydroxylation is 1. The molecule has 0 radical (unpaired) electrons. The zero-order valence-corrected chi connectivity index (χ0v) is 14.5. The summed E-state index contributed by atoms with van der Waals surface area (Å²) in [5.74, 6) is -0.0530. The minimum Gasteiger partial charge on any atom is -0.346 e. The monoisotopic (exact) mass is 313 g/mol. The highest BCUT2D eigenvalue weighted by Gasteiger charge is 2.19. The average Bonchev–Trinajstić information content (AvgIpc) is 2.85. The van der Waals surface area contributed by atoms with Crippen LogP contribution >= 0.6 is 0 Å². The molecule has 0 bridgehead atoms. The molecule has 1 amide bonds. The van der Waals surface area contributed by atoms with Crippen LogP contribution in [0.2, 0.25) is 0 Å². The van der Waals surface area contributed by atoms with Gasteiger partial charge in [-0.2, -0.15) is 5.26 Å². The van der Waals surface area contributed by atoms with Crippen LogP contribution in [0.3, 0.4) is 0 Å². The normalized spacial score (nSPS) is 15.7. The highest BCUT2D eigenvalue weighted by atomic mass is 16.2. The summed E-state index contributed by atoms with van der Waals surface area (Å²) in [6, 6.07) is 4.84. The van der Waals surface area contributed by atoms with Gasteiger partial charge < -0.3 is 9.47 Å². The molecule has 124 valence electrons. The number of nitrogens with zero attached hydrogens (tertiary/aromatic N) is 3. The van der Waals surface area contributed by atoms with E-state index in [4.69, 9.17) is 5.26 Å². The molecule has 23 heavy (non-hydrogen) atoms. The van der Waals surface area contributed by atoms with Gasteiger partial charge in [-0.15, -0.1) is 0 Å². The molecule has 1 aromatic heterocycles. The van der Waals surface area contributed by atoms with Crippen LogP contribution < -0.4 is 0 Å². The lowest BCUT2D eigenvalue weighted by molar-refractivity contribution is -0.124. The largest absolute Gasteiger partial charge is 0.346 e. The van der Waals surface area contributed by atoms with Gasteiger partial charge in [0.25, 0.3) is 0 Å². The van der Waals surface area contributed by atoms with Crippen LogP contribution in [0, 0.1) is 25.2 Å². The van der Waals surface area contributed by atoms with E-state index in [1.807, 2.05) is 6.08 Å². The quantitative estimate of drug-likeness (QED) is 0.772. The number of aromatic nitrogens is 1. The Morgan fingerprint density at radius 1 is 1.39 bits per heavy atom. The van der Waals surface area contributed by atoms with Crippen LogP contribution in [0.4, 0.5) is 0 Å². The molecule has 1 heterocycles. The second-order valence-corrected chi connectivity index (χ2v) is 6.49. The molecule has 1 aliphatic rings. The minimum atomic E-state index is -0.0530. The van der Waals surface area contributed by atoms with E-state index >= 15 is 0 Å². The summed E-state index contributed by atoms with van der Waals surface area (Å²) in [7, 11) is 1.73. The smallest absolute Gasteiger partial charge is 0.246 e. The molecule has 0 aromatic carbocycles. The maximum atomic E-state index is 12.0. The van der Waals surface area contributed by atoms with E-state index < -0.39 is 0 Å². The van der Waals surface area contributed by atoms with Crippen molar-refractivity contribution in [3.8, 4) is 6.07 Å². The third kappa shape index (κ3) is 4.25. The van der Waals surface area contributed by atoms with Crippen molar-refractivity contribution in [2.75, 3.05) is 13.6 Å². The Bertz CT molecular complexity index is 615. The van der Waals surface area contributed by atoms with Crippen molar-refractivity contribution in [2.24, 2.45) is 0 Å². The Kier molecular flexibility index (Phi) is 6.04. The molecule has 1 fully saturated rings. The second kappa shape index (κ2) is 8.01. The Balaban J connectivity index is 2.10. The van der Waals surface area contributed by atoms with Gasteiger partial charge in [-0.3, -0.25) is 4.79 Å². The first kappa shape index (κ1) is 17.3. The van der Waals surface area contributed by atoms with Gasteiger partial charge >= 0.3 is 0 Å². The van der Waals surface area contributed by atoms with Crippen molar-refractivity contribution in [1.29, 1.82) is 5.26 Å². The Morgan fingerprint density at radius 2 is 2.09 bits per heavy atom. The molecule has 0 saturated heterocycles. The fourth-order valence-corrected chi connectivity index (χ4v) is 3.49. The van der Waals surface area contributed by atoms with Crippen molar-refractivity contribution in [3.05, 3.63) is 29.1 Å². The first-order valence-corrected chi connectivity index (χ1v) is 8.53. The zero-order chi connectivity index (χ0) is 16.8. The Hall–Kier alpha value is -2.02. The van der Waals surface area contributed by atoms with Crippen LogP contribution in [-0.2, 0) is 4.79 Å². The third-order valence-corrected chi connectivity index (χ3v) is 4.80. The minimum absolute atomic E-state index is 0.0530. The van der Waals surface area contributed by atoms with E-state index in [1.165, 1.54) is 43.5 Å². The summed E-state index contributed by atoms with van der Waals surface area (Å²) in [5.41, 5.74) is 3.65. The summed E-state index contributed by atoms with van der Waals surface area (Å²) in [6.07, 6.45) is 10.4. The van der Waals surface area contributed by atoms with Crippen LogP contribution in [0.15, 0.2) is 12.1 Å². The van der Waals surface area contributed by atoms with Gasteiger partial charge in [0, 0.05) is 37.1 Å². The lowest BCUT2D eigenvalue weighted by Gasteiger charge is -2.26. The molecule has 4 heteroatoms. The molecule has 4 nitrogen and oxygen atoms in total. The second-order valence-electron chi connectivity index (χ2n) is 6.49. The molecule has 0 aliphatic heterocycles. The summed E-state index contributed by atoms with van der Waals surface area (Å²) in [5, 5.41) is 8.59. The predicted octanol–water partition coefficient (Wildman–Crippen LogP) is 4.00. The SMILES string of the molecule is Cc1cc(/C=C/C(=O)N(C)CCC#N)c(C)n1C1CCCCC1. The van der Waals surface area contributed by atoms with Gasteiger partial charge in [-0.05, 0) is 44.4 Å². The van der Waals surface area contributed by atoms with Gasteiger partial charge in [0.2, 0.25) is 5.91 Å². The van der Waals surface area contributed by atoms with Crippen molar-refractivity contribution >= 4 is 12.0 Å². The average molecular weight is 313 g/mol. The molecule has 0 spiro atoms. The molecule has 0 unspecified atom stereocenters. The van der Waals surface area contributed by atoms with Crippen LogP contribution in [0.25, 0.3) is 6.08 Å². The van der Waals surface area contributed by atoms with Crippen LogP contribution in [0.5, 0.6) is 0 Å². The van der Waals surface area contributed by atoms with Crippen molar-refractivity contribution in [3.63, 3.8) is 0 Å². The predicted molar refractivity (Wildman–Crippen MR) is 92.9 cm³/mol. The van der Waals surface area contributed by atoms with Gasteiger partial charge in [-0.1, -0.05) is 19.3 Å². The molecule has 1 saturated carbocycles. The third-order valence-electron chi connectivity index (χ3n) is 4.80. The molecular formula is C19H27N3O. The van der Waals surface area contributed by atoms with E-state index in [0.29, 0.717) is 19.0 Å². The van der Waals surface area contributed by atoms with E-state index in [0.717, 1.165) is 5.56 Å². The van der Waals surface area contributed by atoms with Crippen molar-refractivity contribution in [2.45, 2.75) is 58.4 Å². The molecule has 2 rings (SSSR count). The first-order valence-electron chi connectivity index (χ1n) is 8.53. The molecule has 0 atom stereocenters. The number of amides is 1. The molecular weight excluding hydrogens is 286 g/mol. The lowest BCUT2D eigenvalue weighted by atomic mass is 9.95. The Labute approximate surface area is 139 Å².